The topological polar surface area (TPSA) is 82.3 Å². The molecule has 0 radical (unpaired) electrons. The predicted molar refractivity (Wildman–Crippen MR) is 141 cm³/mol. The molecule has 1 aliphatic rings. The molecule has 4 amide bonds. The van der Waals surface area contributed by atoms with Crippen LogP contribution in [0.15, 0.2) is 84.9 Å². The molecule has 182 valence electrons. The molecule has 0 aromatic heterocycles. The maximum absolute atomic E-state index is 13.1. The highest BCUT2D eigenvalue weighted by Gasteiger charge is 2.29. The monoisotopic (exact) mass is 490 g/mol. The van der Waals surface area contributed by atoms with E-state index >= 15 is 0 Å². The molecule has 0 spiro atoms. The molecule has 2 atom stereocenters. The molecule has 4 rings (SSSR count). The number of carbonyl (C=O) groups is 2. The zero-order valence-corrected chi connectivity index (χ0v) is 20.3. The summed E-state index contributed by atoms with van der Waals surface area (Å²) in [5.74, 6) is 0. The number of amides is 4. The lowest BCUT2D eigenvalue weighted by Crippen LogP contribution is -2.48. The van der Waals surface area contributed by atoms with Crippen LogP contribution >= 0.6 is 11.6 Å². The number of rotatable bonds is 7. The van der Waals surface area contributed by atoms with Crippen molar-refractivity contribution in [1.82, 2.24) is 16.0 Å². The largest absolute Gasteiger partial charge is 0.335 e. The van der Waals surface area contributed by atoms with Gasteiger partial charge in [0.15, 0.2) is 0 Å². The zero-order valence-electron chi connectivity index (χ0n) is 19.5. The SMILES string of the molecule is O=C(Nc1cccc(Cl)c1)N[C@@H](c1ccccc1)[C@@H](NC(=O)NC1CCCCC1)c1ccccc1. The number of anilines is 1. The Hall–Kier alpha value is -3.51. The van der Waals surface area contributed by atoms with Crippen molar-refractivity contribution in [2.24, 2.45) is 0 Å². The van der Waals surface area contributed by atoms with Gasteiger partial charge in [-0.25, -0.2) is 9.59 Å². The van der Waals surface area contributed by atoms with Crippen molar-refractivity contribution in [3.8, 4) is 0 Å². The van der Waals surface area contributed by atoms with Gasteiger partial charge in [0.05, 0.1) is 12.1 Å². The number of urea groups is 2. The van der Waals surface area contributed by atoms with E-state index in [9.17, 15) is 9.59 Å². The fourth-order valence-corrected chi connectivity index (χ4v) is 4.72. The van der Waals surface area contributed by atoms with Crippen LogP contribution < -0.4 is 21.3 Å². The van der Waals surface area contributed by atoms with E-state index in [1.807, 2.05) is 60.7 Å². The molecule has 0 bridgehead atoms. The molecule has 35 heavy (non-hydrogen) atoms. The van der Waals surface area contributed by atoms with Gasteiger partial charge < -0.3 is 21.3 Å². The molecule has 4 N–H and O–H groups in total. The number of nitrogens with one attached hydrogen (secondary N) is 4. The number of benzene rings is 3. The van der Waals surface area contributed by atoms with Gasteiger partial charge in [-0.2, -0.15) is 0 Å². The summed E-state index contributed by atoms with van der Waals surface area (Å²) in [7, 11) is 0. The van der Waals surface area contributed by atoms with Gasteiger partial charge in [-0.1, -0.05) is 97.6 Å². The lowest BCUT2D eigenvalue weighted by molar-refractivity contribution is 0.222. The smallest absolute Gasteiger partial charge is 0.319 e. The van der Waals surface area contributed by atoms with Gasteiger partial charge in [0.2, 0.25) is 0 Å². The fourth-order valence-electron chi connectivity index (χ4n) is 4.53. The minimum absolute atomic E-state index is 0.175. The Labute approximate surface area is 211 Å². The van der Waals surface area contributed by atoms with Crippen LogP contribution in [0.4, 0.5) is 15.3 Å². The third-order valence-electron chi connectivity index (χ3n) is 6.25. The van der Waals surface area contributed by atoms with Crippen molar-refractivity contribution in [3.05, 3.63) is 101 Å². The Morgan fingerprint density at radius 1 is 0.714 bits per heavy atom. The maximum Gasteiger partial charge on any atom is 0.319 e. The molecule has 3 aromatic carbocycles. The van der Waals surface area contributed by atoms with Crippen LogP contribution in [-0.4, -0.2) is 18.1 Å². The van der Waals surface area contributed by atoms with Gasteiger partial charge in [-0.15, -0.1) is 0 Å². The minimum Gasteiger partial charge on any atom is -0.335 e. The molecule has 0 unspecified atom stereocenters. The normalized spacial score (nSPS) is 15.5. The van der Waals surface area contributed by atoms with E-state index in [-0.39, 0.29) is 12.1 Å². The summed E-state index contributed by atoms with van der Waals surface area (Å²) in [5.41, 5.74) is 2.35. The van der Waals surface area contributed by atoms with E-state index in [1.165, 1.54) is 6.42 Å². The predicted octanol–water partition coefficient (Wildman–Crippen LogP) is 6.58. The Morgan fingerprint density at radius 3 is 1.86 bits per heavy atom. The molecule has 0 aliphatic heterocycles. The lowest BCUT2D eigenvalue weighted by Gasteiger charge is -2.31. The molecule has 1 aliphatic carbocycles. The van der Waals surface area contributed by atoms with E-state index in [1.54, 1.807) is 24.3 Å². The van der Waals surface area contributed by atoms with Crippen molar-refractivity contribution in [2.75, 3.05) is 5.32 Å². The second kappa shape index (κ2) is 12.3. The van der Waals surface area contributed by atoms with E-state index in [0.29, 0.717) is 10.7 Å². The molecular weight excluding hydrogens is 460 g/mol. The molecule has 7 heteroatoms. The van der Waals surface area contributed by atoms with Crippen molar-refractivity contribution in [2.45, 2.75) is 50.2 Å². The second-order valence-corrected chi connectivity index (χ2v) is 9.27. The van der Waals surface area contributed by atoms with Crippen molar-refractivity contribution in [1.29, 1.82) is 0 Å². The molecule has 1 fully saturated rings. The third-order valence-corrected chi connectivity index (χ3v) is 6.48. The zero-order chi connectivity index (χ0) is 24.5. The number of carbonyl (C=O) groups excluding carboxylic acids is 2. The average molecular weight is 491 g/mol. The van der Waals surface area contributed by atoms with Gasteiger partial charge in [0.1, 0.15) is 0 Å². The van der Waals surface area contributed by atoms with E-state index < -0.39 is 18.1 Å². The summed E-state index contributed by atoms with van der Waals surface area (Å²) in [6, 6.07) is 24.9. The first-order valence-corrected chi connectivity index (χ1v) is 12.5. The van der Waals surface area contributed by atoms with Crippen LogP contribution in [0.2, 0.25) is 5.02 Å². The van der Waals surface area contributed by atoms with E-state index in [4.69, 9.17) is 11.6 Å². The van der Waals surface area contributed by atoms with Crippen LogP contribution in [0.25, 0.3) is 0 Å². The van der Waals surface area contributed by atoms with Crippen LogP contribution in [0, 0.1) is 0 Å². The molecule has 1 saturated carbocycles. The second-order valence-electron chi connectivity index (χ2n) is 8.84. The standard InChI is InChI=1S/C28H31ClN4O2/c29-22-15-10-18-24(19-22)31-28(35)33-26(21-13-6-2-7-14-21)25(20-11-4-1-5-12-20)32-27(34)30-23-16-8-3-9-17-23/h1-2,4-7,10-15,18-19,23,25-26H,3,8-9,16-17H2,(H2,30,32,34)(H2,31,33,35)/t25-,26-/m0/s1. The lowest BCUT2D eigenvalue weighted by atomic mass is 9.93. The van der Waals surface area contributed by atoms with Gasteiger partial charge in [0, 0.05) is 16.8 Å². The number of halogens is 1. The summed E-state index contributed by atoms with van der Waals surface area (Å²) in [6.07, 6.45) is 5.46. The van der Waals surface area contributed by atoms with Crippen LogP contribution in [0.3, 0.4) is 0 Å². The van der Waals surface area contributed by atoms with Crippen LogP contribution in [-0.2, 0) is 0 Å². The van der Waals surface area contributed by atoms with E-state index in [2.05, 4.69) is 21.3 Å². The van der Waals surface area contributed by atoms with Crippen LogP contribution in [0.5, 0.6) is 0 Å². The summed E-state index contributed by atoms with van der Waals surface area (Å²) < 4.78 is 0. The molecular formula is C28H31ClN4O2. The molecule has 6 nitrogen and oxygen atoms in total. The summed E-state index contributed by atoms with van der Waals surface area (Å²) >= 11 is 6.07. The minimum atomic E-state index is -0.519. The first-order chi connectivity index (χ1) is 17.1. The third kappa shape index (κ3) is 7.23. The van der Waals surface area contributed by atoms with Gasteiger partial charge in [-0.05, 0) is 42.2 Å². The molecule has 0 heterocycles. The number of hydrogen-bond donors (Lipinski definition) is 4. The van der Waals surface area contributed by atoms with E-state index in [0.717, 1.165) is 36.8 Å². The summed E-state index contributed by atoms with van der Waals surface area (Å²) in [4.78, 5) is 26.1. The van der Waals surface area contributed by atoms with Crippen molar-refractivity contribution in [3.63, 3.8) is 0 Å². The van der Waals surface area contributed by atoms with Crippen molar-refractivity contribution < 1.29 is 9.59 Å². The highest BCUT2D eigenvalue weighted by molar-refractivity contribution is 6.30. The summed E-state index contributed by atoms with van der Waals surface area (Å²) in [5, 5.41) is 12.7. The van der Waals surface area contributed by atoms with Gasteiger partial charge >= 0.3 is 12.1 Å². The Morgan fingerprint density at radius 2 is 1.29 bits per heavy atom. The Kier molecular flexibility index (Phi) is 8.63. The van der Waals surface area contributed by atoms with Gasteiger partial charge in [-0.3, -0.25) is 0 Å². The highest BCUT2D eigenvalue weighted by Crippen LogP contribution is 2.29. The maximum atomic E-state index is 13.1. The average Bonchev–Trinajstić information content (AvgIpc) is 2.88. The highest BCUT2D eigenvalue weighted by atomic mass is 35.5. The first-order valence-electron chi connectivity index (χ1n) is 12.1. The number of hydrogen-bond acceptors (Lipinski definition) is 2. The fraction of sp³-hybridized carbons (Fsp3) is 0.286. The molecule has 0 saturated heterocycles. The molecule has 3 aromatic rings. The van der Waals surface area contributed by atoms with Crippen LogP contribution in [0.1, 0.15) is 55.3 Å². The first kappa shape index (κ1) is 24.6. The Balaban J connectivity index is 1.58. The quantitative estimate of drug-likeness (QED) is 0.302. The summed E-state index contributed by atoms with van der Waals surface area (Å²) in [6.45, 7) is 0. The van der Waals surface area contributed by atoms with Gasteiger partial charge in [0.25, 0.3) is 0 Å². The Bertz CT molecular complexity index is 1100. The van der Waals surface area contributed by atoms with Crippen molar-refractivity contribution >= 4 is 29.4 Å².